The van der Waals surface area contributed by atoms with E-state index in [-0.39, 0.29) is 12.4 Å². The molecule has 1 aliphatic rings. The molecule has 0 atom stereocenters. The predicted octanol–water partition coefficient (Wildman–Crippen LogP) is 5.00. The smallest absolute Gasteiger partial charge is 0.131 e. The predicted molar refractivity (Wildman–Crippen MR) is 112 cm³/mol. The average molecular weight is 456 g/mol. The van der Waals surface area contributed by atoms with E-state index in [1.165, 1.54) is 6.07 Å². The second-order valence-electron chi connectivity index (χ2n) is 6.99. The number of likely N-dealkylation sites (N-methyl/N-ethyl adjacent to an activating group) is 1. The van der Waals surface area contributed by atoms with Crippen LogP contribution in [0, 0.1) is 5.82 Å². The molecule has 2 aromatic carbocycles. The van der Waals surface area contributed by atoms with Crippen LogP contribution in [0.2, 0.25) is 5.02 Å². The Balaban J connectivity index is 1.59. The quantitative estimate of drug-likeness (QED) is 0.584. The van der Waals surface area contributed by atoms with Gasteiger partial charge < -0.3 is 14.5 Å². The molecule has 6 heteroatoms. The van der Waals surface area contributed by atoms with Crippen LogP contribution in [0.25, 0.3) is 0 Å². The molecule has 27 heavy (non-hydrogen) atoms. The fraction of sp³-hybridized carbons (Fsp3) is 0.429. The summed E-state index contributed by atoms with van der Waals surface area (Å²) in [6.45, 7) is 5.73. The molecule has 1 fully saturated rings. The SMILES string of the molecule is CN1CCN(CCCc2cc(Br)ccc2OCc2c(F)cccc2Cl)CC1. The first kappa shape index (κ1) is 20.6. The van der Waals surface area contributed by atoms with Crippen molar-refractivity contribution in [3.05, 3.63) is 62.8 Å². The zero-order valence-corrected chi connectivity index (χ0v) is 17.9. The summed E-state index contributed by atoms with van der Waals surface area (Å²) in [6.07, 6.45) is 1.99. The van der Waals surface area contributed by atoms with Crippen molar-refractivity contribution in [3.8, 4) is 5.75 Å². The highest BCUT2D eigenvalue weighted by molar-refractivity contribution is 9.10. The molecule has 2 aromatic rings. The third kappa shape index (κ3) is 5.92. The van der Waals surface area contributed by atoms with E-state index in [0.717, 1.165) is 61.4 Å². The molecule has 0 aliphatic carbocycles. The van der Waals surface area contributed by atoms with Crippen LogP contribution in [0.1, 0.15) is 17.5 Å². The van der Waals surface area contributed by atoms with Crippen LogP contribution >= 0.6 is 27.5 Å². The first-order chi connectivity index (χ1) is 13.0. The highest BCUT2D eigenvalue weighted by Gasteiger charge is 2.14. The van der Waals surface area contributed by atoms with Gasteiger partial charge in [-0.1, -0.05) is 33.6 Å². The Bertz CT molecular complexity index is 746. The Morgan fingerprint density at radius 1 is 1.15 bits per heavy atom. The summed E-state index contributed by atoms with van der Waals surface area (Å²) in [7, 11) is 2.17. The van der Waals surface area contributed by atoms with Crippen LogP contribution in [0.3, 0.4) is 0 Å². The van der Waals surface area contributed by atoms with E-state index in [9.17, 15) is 4.39 Å². The number of nitrogens with zero attached hydrogens (tertiary/aromatic N) is 2. The van der Waals surface area contributed by atoms with Crippen LogP contribution in [0.15, 0.2) is 40.9 Å². The van der Waals surface area contributed by atoms with Gasteiger partial charge in [-0.25, -0.2) is 4.39 Å². The van der Waals surface area contributed by atoms with E-state index in [2.05, 4.69) is 38.8 Å². The van der Waals surface area contributed by atoms with Crippen molar-refractivity contribution < 1.29 is 9.13 Å². The maximum absolute atomic E-state index is 14.0. The summed E-state index contributed by atoms with van der Waals surface area (Å²) in [5.74, 6) is 0.451. The summed E-state index contributed by atoms with van der Waals surface area (Å²) in [5.41, 5.74) is 1.52. The lowest BCUT2D eigenvalue weighted by molar-refractivity contribution is 0.153. The first-order valence-electron chi connectivity index (χ1n) is 9.28. The van der Waals surface area contributed by atoms with E-state index in [1.807, 2.05) is 12.1 Å². The zero-order chi connectivity index (χ0) is 19.2. The molecule has 1 aliphatic heterocycles. The van der Waals surface area contributed by atoms with Gasteiger partial charge in [0, 0.05) is 36.2 Å². The molecule has 0 bridgehead atoms. The van der Waals surface area contributed by atoms with Gasteiger partial charge >= 0.3 is 0 Å². The molecule has 1 saturated heterocycles. The molecule has 3 rings (SSSR count). The fourth-order valence-corrected chi connectivity index (χ4v) is 3.89. The van der Waals surface area contributed by atoms with E-state index in [1.54, 1.807) is 12.1 Å². The zero-order valence-electron chi connectivity index (χ0n) is 15.6. The van der Waals surface area contributed by atoms with Gasteiger partial charge in [0.25, 0.3) is 0 Å². The molecule has 0 amide bonds. The van der Waals surface area contributed by atoms with Gasteiger partial charge in [-0.15, -0.1) is 0 Å². The molecule has 0 spiro atoms. The van der Waals surface area contributed by atoms with E-state index in [4.69, 9.17) is 16.3 Å². The lowest BCUT2D eigenvalue weighted by atomic mass is 10.1. The monoisotopic (exact) mass is 454 g/mol. The second kappa shape index (κ2) is 9.87. The number of hydrogen-bond donors (Lipinski definition) is 0. The Hall–Kier alpha value is -1.14. The molecule has 1 heterocycles. The van der Waals surface area contributed by atoms with Gasteiger partial charge in [0.2, 0.25) is 0 Å². The van der Waals surface area contributed by atoms with Crippen molar-refractivity contribution in [2.24, 2.45) is 0 Å². The van der Waals surface area contributed by atoms with Gasteiger partial charge in [0.15, 0.2) is 0 Å². The van der Waals surface area contributed by atoms with Crippen molar-refractivity contribution in [2.45, 2.75) is 19.4 Å². The van der Waals surface area contributed by atoms with Gasteiger partial charge in [0.1, 0.15) is 18.2 Å². The van der Waals surface area contributed by atoms with Gasteiger partial charge in [-0.2, -0.15) is 0 Å². The molecular weight excluding hydrogens is 431 g/mol. The highest BCUT2D eigenvalue weighted by Crippen LogP contribution is 2.27. The Morgan fingerprint density at radius 2 is 1.93 bits per heavy atom. The van der Waals surface area contributed by atoms with E-state index in [0.29, 0.717) is 10.6 Å². The maximum Gasteiger partial charge on any atom is 0.131 e. The lowest BCUT2D eigenvalue weighted by Gasteiger charge is -2.32. The summed E-state index contributed by atoms with van der Waals surface area (Å²) in [4.78, 5) is 4.88. The number of hydrogen-bond acceptors (Lipinski definition) is 3. The van der Waals surface area contributed by atoms with Crippen molar-refractivity contribution in [1.82, 2.24) is 9.80 Å². The Labute approximate surface area is 174 Å². The van der Waals surface area contributed by atoms with Crippen LogP contribution in [-0.4, -0.2) is 49.6 Å². The molecule has 0 N–H and O–H groups in total. The van der Waals surface area contributed by atoms with Crippen LogP contribution in [-0.2, 0) is 13.0 Å². The normalized spacial score (nSPS) is 15.9. The fourth-order valence-electron chi connectivity index (χ4n) is 3.27. The second-order valence-corrected chi connectivity index (χ2v) is 8.31. The first-order valence-corrected chi connectivity index (χ1v) is 10.4. The minimum absolute atomic E-state index is 0.124. The Kier molecular flexibility index (Phi) is 7.53. The van der Waals surface area contributed by atoms with Crippen molar-refractivity contribution in [2.75, 3.05) is 39.8 Å². The van der Waals surface area contributed by atoms with Crippen molar-refractivity contribution in [1.29, 1.82) is 0 Å². The molecule has 0 aromatic heterocycles. The summed E-state index contributed by atoms with van der Waals surface area (Å²) in [6, 6.07) is 10.7. The maximum atomic E-state index is 14.0. The van der Waals surface area contributed by atoms with Gasteiger partial charge in [-0.05, 0) is 62.3 Å². The minimum atomic E-state index is -0.337. The van der Waals surface area contributed by atoms with E-state index < -0.39 is 0 Å². The van der Waals surface area contributed by atoms with Gasteiger partial charge in [0.05, 0.1) is 5.02 Å². The third-order valence-electron chi connectivity index (χ3n) is 4.97. The number of aryl methyl sites for hydroxylation is 1. The third-order valence-corrected chi connectivity index (χ3v) is 5.82. The minimum Gasteiger partial charge on any atom is -0.488 e. The summed E-state index contributed by atoms with van der Waals surface area (Å²) >= 11 is 9.64. The van der Waals surface area contributed by atoms with Crippen LogP contribution < -0.4 is 4.74 Å². The molecular formula is C21H25BrClFN2O. The molecule has 0 unspecified atom stereocenters. The van der Waals surface area contributed by atoms with E-state index >= 15 is 0 Å². The number of ether oxygens (including phenoxy) is 1. The number of halogens is 3. The largest absolute Gasteiger partial charge is 0.488 e. The molecule has 146 valence electrons. The average Bonchev–Trinajstić information content (AvgIpc) is 2.64. The summed E-state index contributed by atoms with van der Waals surface area (Å²) in [5, 5.41) is 0.392. The lowest BCUT2D eigenvalue weighted by Crippen LogP contribution is -2.44. The topological polar surface area (TPSA) is 15.7 Å². The standard InChI is InChI=1S/C21H25BrClFN2O/c1-25-10-12-26(13-11-25)9-3-4-16-14-17(22)7-8-21(16)27-15-18-19(23)5-2-6-20(18)24/h2,5-8,14H,3-4,9-13,15H2,1H3. The number of benzene rings is 2. The van der Waals surface area contributed by atoms with Crippen LogP contribution in [0.5, 0.6) is 5.75 Å². The van der Waals surface area contributed by atoms with Crippen LogP contribution in [0.4, 0.5) is 4.39 Å². The van der Waals surface area contributed by atoms with Gasteiger partial charge in [-0.3, -0.25) is 0 Å². The van der Waals surface area contributed by atoms with Crippen molar-refractivity contribution >= 4 is 27.5 Å². The number of piperazine rings is 1. The molecule has 0 saturated carbocycles. The summed E-state index contributed by atoms with van der Waals surface area (Å²) < 4.78 is 20.9. The molecule has 3 nitrogen and oxygen atoms in total. The number of rotatable bonds is 7. The van der Waals surface area contributed by atoms with Crippen molar-refractivity contribution in [3.63, 3.8) is 0 Å². The molecule has 0 radical (unpaired) electrons. The Morgan fingerprint density at radius 3 is 2.67 bits per heavy atom. The highest BCUT2D eigenvalue weighted by atomic mass is 79.9.